The first-order valence-electron chi connectivity index (χ1n) is 13.9. The van der Waals surface area contributed by atoms with Gasteiger partial charge >= 0.3 is 0 Å². The summed E-state index contributed by atoms with van der Waals surface area (Å²) in [5.41, 5.74) is 3.52. The van der Waals surface area contributed by atoms with Gasteiger partial charge in [0.25, 0.3) is 5.56 Å². The van der Waals surface area contributed by atoms with E-state index in [0.717, 1.165) is 65.3 Å². The Morgan fingerprint density at radius 2 is 1.68 bits per heavy atom. The second kappa shape index (κ2) is 11.5. The zero-order valence-corrected chi connectivity index (χ0v) is 25.4. The lowest BCUT2D eigenvalue weighted by molar-refractivity contribution is 0.616. The molecule has 0 aliphatic carbocycles. The molecule has 1 atom stereocenters. The molecule has 0 bridgehead atoms. The van der Waals surface area contributed by atoms with Gasteiger partial charge in [0, 0.05) is 55.2 Å². The molecular formula is C32H37N7OS. The molecule has 2 aromatic heterocycles. The number of nitriles is 1. The molecule has 1 aliphatic heterocycles. The van der Waals surface area contributed by atoms with Crippen molar-refractivity contribution in [3.05, 3.63) is 82.2 Å². The molecule has 1 aliphatic rings. The summed E-state index contributed by atoms with van der Waals surface area (Å²) in [6.07, 6.45) is 5.70. The Kier molecular flexibility index (Phi) is 7.96. The number of hydrogen-bond donors (Lipinski definition) is 1. The molecule has 0 amide bonds. The van der Waals surface area contributed by atoms with E-state index in [4.69, 9.17) is 0 Å². The molecule has 5 rings (SSSR count). The highest BCUT2D eigenvalue weighted by molar-refractivity contribution is 7.98. The lowest BCUT2D eigenvalue weighted by Crippen LogP contribution is -2.48. The molecule has 1 saturated heterocycles. The fourth-order valence-electron chi connectivity index (χ4n) is 5.46. The van der Waals surface area contributed by atoms with Crippen molar-refractivity contribution in [3.63, 3.8) is 0 Å². The maximum atomic E-state index is 13.7. The standard InChI is InChI=1S/C32H37N7OS/c1-21-15-24(22(2)36-27-9-7-8-10-28(27)41-6)25-17-29(37(5)30(40)26(25)16-21)39-13-11-38(12-14-39)23-18-34-31(35-19-23)32(3,4)20-33/h7-10,15-19,22,36H,11-14H2,1-6H3/t22-/m1/s1. The smallest absolute Gasteiger partial charge is 0.259 e. The van der Waals surface area contributed by atoms with Crippen LogP contribution in [0, 0.1) is 18.3 Å². The first-order valence-corrected chi connectivity index (χ1v) is 15.1. The summed E-state index contributed by atoms with van der Waals surface area (Å²) in [5, 5.41) is 14.8. The Morgan fingerprint density at radius 1 is 1.02 bits per heavy atom. The fraction of sp³-hybridized carbons (Fsp3) is 0.375. The van der Waals surface area contributed by atoms with E-state index in [1.807, 2.05) is 33.0 Å². The zero-order chi connectivity index (χ0) is 29.3. The van der Waals surface area contributed by atoms with Crippen LogP contribution < -0.4 is 20.7 Å². The molecule has 2 aromatic carbocycles. The average Bonchev–Trinajstić information content (AvgIpc) is 2.99. The Balaban J connectivity index is 1.42. The van der Waals surface area contributed by atoms with Gasteiger partial charge in [-0.3, -0.25) is 9.36 Å². The van der Waals surface area contributed by atoms with E-state index in [0.29, 0.717) is 5.82 Å². The van der Waals surface area contributed by atoms with Crippen LogP contribution in [0.2, 0.25) is 0 Å². The van der Waals surface area contributed by atoms with Crippen LogP contribution in [-0.2, 0) is 12.5 Å². The van der Waals surface area contributed by atoms with Crippen LogP contribution in [-0.4, -0.2) is 47.0 Å². The van der Waals surface area contributed by atoms with E-state index >= 15 is 0 Å². The summed E-state index contributed by atoms with van der Waals surface area (Å²) in [6.45, 7) is 10.9. The SMILES string of the molecule is CSc1ccccc1N[C@H](C)c1cc(C)cc2c(=O)n(C)c(N3CCN(c4cnc(C(C)(C)C#N)nc4)CC3)cc12. The topological polar surface area (TPSA) is 90.1 Å². The number of nitrogens with one attached hydrogen (secondary N) is 1. The van der Waals surface area contributed by atoms with E-state index in [1.54, 1.807) is 28.7 Å². The Labute approximate surface area is 246 Å². The minimum absolute atomic E-state index is 0.0106. The van der Waals surface area contributed by atoms with Gasteiger partial charge in [0.2, 0.25) is 0 Å². The van der Waals surface area contributed by atoms with E-state index < -0.39 is 5.41 Å². The molecule has 3 heterocycles. The van der Waals surface area contributed by atoms with Crippen molar-refractivity contribution >= 4 is 39.7 Å². The molecule has 41 heavy (non-hydrogen) atoms. The number of pyridine rings is 1. The highest BCUT2D eigenvalue weighted by Gasteiger charge is 2.25. The van der Waals surface area contributed by atoms with E-state index in [1.165, 1.54) is 4.90 Å². The second-order valence-electron chi connectivity index (χ2n) is 11.2. The van der Waals surface area contributed by atoms with Gasteiger partial charge in [0.15, 0.2) is 0 Å². The van der Waals surface area contributed by atoms with Gasteiger partial charge in [-0.05, 0) is 74.7 Å². The maximum Gasteiger partial charge on any atom is 0.259 e. The molecule has 0 spiro atoms. The number of fused-ring (bicyclic) bond motifs is 1. The summed E-state index contributed by atoms with van der Waals surface area (Å²) in [5.74, 6) is 1.45. The third-order valence-corrected chi connectivity index (χ3v) is 8.70. The molecule has 0 unspecified atom stereocenters. The van der Waals surface area contributed by atoms with Crippen LogP contribution in [0.1, 0.15) is 43.8 Å². The number of aryl methyl sites for hydroxylation is 1. The van der Waals surface area contributed by atoms with Gasteiger partial charge in [-0.2, -0.15) is 5.26 Å². The fourth-order valence-corrected chi connectivity index (χ4v) is 6.02. The number of para-hydroxylation sites is 1. The lowest BCUT2D eigenvalue weighted by atomic mass is 9.95. The van der Waals surface area contributed by atoms with E-state index in [2.05, 4.69) is 81.6 Å². The normalized spacial score (nSPS) is 14.7. The summed E-state index contributed by atoms with van der Waals surface area (Å²) in [6, 6.07) is 17.0. The number of rotatable bonds is 7. The van der Waals surface area contributed by atoms with Crippen molar-refractivity contribution in [2.75, 3.05) is 47.6 Å². The molecule has 0 saturated carbocycles. The number of anilines is 3. The summed E-state index contributed by atoms with van der Waals surface area (Å²) in [4.78, 5) is 28.3. The summed E-state index contributed by atoms with van der Waals surface area (Å²) >= 11 is 1.72. The number of nitrogens with zero attached hydrogens (tertiary/aromatic N) is 6. The van der Waals surface area contributed by atoms with Gasteiger partial charge in [0.1, 0.15) is 17.1 Å². The summed E-state index contributed by atoms with van der Waals surface area (Å²) in [7, 11) is 1.87. The van der Waals surface area contributed by atoms with Gasteiger partial charge in [-0.15, -0.1) is 11.8 Å². The second-order valence-corrected chi connectivity index (χ2v) is 12.1. The molecule has 212 valence electrons. The largest absolute Gasteiger partial charge is 0.378 e. The zero-order valence-electron chi connectivity index (χ0n) is 24.6. The van der Waals surface area contributed by atoms with Crippen LogP contribution in [0.25, 0.3) is 10.8 Å². The van der Waals surface area contributed by atoms with E-state index in [9.17, 15) is 10.1 Å². The average molecular weight is 568 g/mol. The van der Waals surface area contributed by atoms with Crippen molar-refractivity contribution in [1.82, 2.24) is 14.5 Å². The third-order valence-electron chi connectivity index (χ3n) is 7.90. The van der Waals surface area contributed by atoms with Crippen molar-refractivity contribution in [1.29, 1.82) is 5.26 Å². The minimum Gasteiger partial charge on any atom is -0.378 e. The summed E-state index contributed by atoms with van der Waals surface area (Å²) < 4.78 is 1.78. The number of benzene rings is 2. The molecule has 9 heteroatoms. The first kappa shape index (κ1) is 28.5. The van der Waals surface area contributed by atoms with Crippen LogP contribution >= 0.6 is 11.8 Å². The van der Waals surface area contributed by atoms with Crippen LogP contribution in [0.3, 0.4) is 0 Å². The Hall–Kier alpha value is -4.03. The maximum absolute atomic E-state index is 13.7. The number of thioether (sulfide) groups is 1. The van der Waals surface area contributed by atoms with Gasteiger partial charge in [-0.1, -0.05) is 18.2 Å². The number of aromatic nitrogens is 3. The molecule has 4 aromatic rings. The van der Waals surface area contributed by atoms with Crippen molar-refractivity contribution in [3.8, 4) is 6.07 Å². The Morgan fingerprint density at radius 3 is 2.34 bits per heavy atom. The van der Waals surface area contributed by atoms with Crippen LogP contribution in [0.5, 0.6) is 0 Å². The lowest BCUT2D eigenvalue weighted by Gasteiger charge is -2.37. The Bertz CT molecular complexity index is 1670. The third kappa shape index (κ3) is 5.62. The predicted molar refractivity (Wildman–Crippen MR) is 169 cm³/mol. The highest BCUT2D eigenvalue weighted by atomic mass is 32.2. The monoisotopic (exact) mass is 567 g/mol. The first-order chi connectivity index (χ1) is 19.6. The minimum atomic E-state index is -0.721. The molecule has 8 nitrogen and oxygen atoms in total. The predicted octanol–water partition coefficient (Wildman–Crippen LogP) is 5.66. The van der Waals surface area contributed by atoms with E-state index in [-0.39, 0.29) is 11.6 Å². The molecular weight excluding hydrogens is 530 g/mol. The van der Waals surface area contributed by atoms with Gasteiger partial charge in [0.05, 0.1) is 24.2 Å². The van der Waals surface area contributed by atoms with Crippen molar-refractivity contribution in [2.45, 2.75) is 44.0 Å². The highest BCUT2D eigenvalue weighted by Crippen LogP contribution is 2.33. The van der Waals surface area contributed by atoms with Gasteiger partial charge < -0.3 is 15.1 Å². The van der Waals surface area contributed by atoms with Crippen molar-refractivity contribution < 1.29 is 0 Å². The number of piperazine rings is 1. The van der Waals surface area contributed by atoms with Gasteiger partial charge in [-0.25, -0.2) is 9.97 Å². The molecule has 1 fully saturated rings. The van der Waals surface area contributed by atoms with Crippen LogP contribution in [0.4, 0.5) is 17.2 Å². The quantitative estimate of drug-likeness (QED) is 0.286. The number of hydrogen-bond acceptors (Lipinski definition) is 8. The van der Waals surface area contributed by atoms with Crippen molar-refractivity contribution in [2.24, 2.45) is 7.05 Å². The molecule has 0 radical (unpaired) electrons. The van der Waals surface area contributed by atoms with Crippen LogP contribution in [0.15, 0.2) is 64.5 Å². The molecule has 1 N–H and O–H groups in total.